The minimum Gasteiger partial charge on any atom is -0.492 e. The van der Waals surface area contributed by atoms with Gasteiger partial charge in [0.1, 0.15) is 17.4 Å². The van der Waals surface area contributed by atoms with Crippen molar-refractivity contribution in [2.45, 2.75) is 32.6 Å². The van der Waals surface area contributed by atoms with Crippen molar-refractivity contribution in [1.82, 2.24) is 20.0 Å². The van der Waals surface area contributed by atoms with Crippen molar-refractivity contribution in [2.24, 2.45) is 0 Å². The number of hydrogen-bond acceptors (Lipinski definition) is 7. The van der Waals surface area contributed by atoms with E-state index in [-0.39, 0.29) is 24.7 Å². The summed E-state index contributed by atoms with van der Waals surface area (Å²) in [5, 5.41) is 14.5. The largest absolute Gasteiger partial charge is 0.492 e. The lowest BCUT2D eigenvalue weighted by atomic mass is 10.1. The minimum atomic E-state index is -0.197. The van der Waals surface area contributed by atoms with Crippen LogP contribution in [0.2, 0.25) is 0 Å². The van der Waals surface area contributed by atoms with Gasteiger partial charge in [0.05, 0.1) is 0 Å². The molecule has 0 bridgehead atoms. The Bertz CT molecular complexity index is 1110. The summed E-state index contributed by atoms with van der Waals surface area (Å²) in [7, 11) is 0. The summed E-state index contributed by atoms with van der Waals surface area (Å²) >= 11 is 1.39. The molecule has 0 spiro atoms. The fourth-order valence-electron chi connectivity index (χ4n) is 4.01. The van der Waals surface area contributed by atoms with Crippen molar-refractivity contribution in [3.63, 3.8) is 0 Å². The Morgan fingerprint density at radius 3 is 2.65 bits per heavy atom. The highest BCUT2D eigenvalue weighted by molar-refractivity contribution is 7.15. The Morgan fingerprint density at radius 1 is 1.03 bits per heavy atom. The van der Waals surface area contributed by atoms with Gasteiger partial charge in [0, 0.05) is 57.4 Å². The van der Waals surface area contributed by atoms with Crippen LogP contribution in [0.3, 0.4) is 0 Å². The van der Waals surface area contributed by atoms with Gasteiger partial charge in [-0.3, -0.25) is 14.5 Å². The summed E-state index contributed by atoms with van der Waals surface area (Å²) in [4.78, 5) is 28.9. The molecular formula is C25H31N5O3S. The number of nitrogens with one attached hydrogen (secondary N) is 1. The fraction of sp³-hybridized carbons (Fsp3) is 0.440. The summed E-state index contributed by atoms with van der Waals surface area (Å²) in [5.74, 6) is 0.725. The normalized spacial score (nSPS) is 14.3. The molecule has 1 aliphatic rings. The SMILES string of the molecule is CCCc1nnc(NC(=O)CCC(=O)N2CCN(CCOc3cccc4ccccc34)CC2)s1. The maximum absolute atomic E-state index is 12.6. The van der Waals surface area contributed by atoms with Crippen LogP contribution in [-0.4, -0.2) is 71.1 Å². The third-order valence-corrected chi connectivity index (χ3v) is 6.78. The van der Waals surface area contributed by atoms with Gasteiger partial charge in [-0.05, 0) is 17.9 Å². The summed E-state index contributed by atoms with van der Waals surface area (Å²) in [6.07, 6.45) is 2.20. The predicted octanol–water partition coefficient (Wildman–Crippen LogP) is 3.59. The van der Waals surface area contributed by atoms with E-state index in [1.807, 2.05) is 29.2 Å². The molecule has 2 amide bonds. The van der Waals surface area contributed by atoms with E-state index < -0.39 is 0 Å². The number of nitrogens with zero attached hydrogens (tertiary/aromatic N) is 4. The number of carbonyl (C=O) groups is 2. The van der Waals surface area contributed by atoms with E-state index in [2.05, 4.69) is 45.5 Å². The van der Waals surface area contributed by atoms with Gasteiger partial charge in [0.25, 0.3) is 0 Å². The molecule has 2 aromatic carbocycles. The molecule has 3 aromatic rings. The number of piperazine rings is 1. The van der Waals surface area contributed by atoms with E-state index in [1.165, 1.54) is 16.7 Å². The van der Waals surface area contributed by atoms with Crippen molar-refractivity contribution < 1.29 is 14.3 Å². The van der Waals surface area contributed by atoms with Gasteiger partial charge in [0.15, 0.2) is 0 Å². The van der Waals surface area contributed by atoms with Gasteiger partial charge >= 0.3 is 0 Å². The van der Waals surface area contributed by atoms with E-state index in [0.717, 1.165) is 48.6 Å². The van der Waals surface area contributed by atoms with Gasteiger partial charge in [-0.25, -0.2) is 0 Å². The van der Waals surface area contributed by atoms with Gasteiger partial charge in [-0.15, -0.1) is 10.2 Å². The molecule has 2 heterocycles. The second kappa shape index (κ2) is 11.9. The number of ether oxygens (including phenoxy) is 1. The summed E-state index contributed by atoms with van der Waals surface area (Å²) in [5.41, 5.74) is 0. The van der Waals surface area contributed by atoms with Crippen LogP contribution in [0.1, 0.15) is 31.2 Å². The van der Waals surface area contributed by atoms with Crippen molar-refractivity contribution in [1.29, 1.82) is 0 Å². The zero-order chi connectivity index (χ0) is 23.8. The number of fused-ring (bicyclic) bond motifs is 1. The highest BCUT2D eigenvalue weighted by Gasteiger charge is 2.21. The number of carbonyl (C=O) groups excluding carboxylic acids is 2. The molecule has 0 atom stereocenters. The molecule has 4 rings (SSSR count). The molecule has 1 aromatic heterocycles. The maximum Gasteiger partial charge on any atom is 0.226 e. The molecule has 1 N–H and O–H groups in total. The fourth-order valence-corrected chi connectivity index (χ4v) is 4.86. The van der Waals surface area contributed by atoms with Crippen LogP contribution in [0.15, 0.2) is 42.5 Å². The van der Waals surface area contributed by atoms with E-state index in [0.29, 0.717) is 24.8 Å². The molecule has 180 valence electrons. The number of rotatable bonds is 10. The smallest absolute Gasteiger partial charge is 0.226 e. The van der Waals surface area contributed by atoms with Crippen LogP contribution >= 0.6 is 11.3 Å². The Kier molecular flexibility index (Phi) is 8.43. The second-order valence-corrected chi connectivity index (χ2v) is 9.41. The Labute approximate surface area is 203 Å². The van der Waals surface area contributed by atoms with E-state index in [1.54, 1.807) is 0 Å². The lowest BCUT2D eigenvalue weighted by Crippen LogP contribution is -2.49. The topological polar surface area (TPSA) is 87.7 Å². The van der Waals surface area contributed by atoms with E-state index in [4.69, 9.17) is 4.74 Å². The van der Waals surface area contributed by atoms with Crippen molar-refractivity contribution in [3.8, 4) is 5.75 Å². The lowest BCUT2D eigenvalue weighted by Gasteiger charge is -2.34. The Balaban J connectivity index is 1.14. The molecule has 1 aliphatic heterocycles. The maximum atomic E-state index is 12.6. The van der Waals surface area contributed by atoms with Crippen LogP contribution < -0.4 is 10.1 Å². The van der Waals surface area contributed by atoms with Crippen molar-refractivity contribution >= 4 is 39.1 Å². The molecule has 0 saturated carbocycles. The number of aromatic nitrogens is 2. The van der Waals surface area contributed by atoms with Crippen molar-refractivity contribution in [2.75, 3.05) is 44.6 Å². The molecule has 9 heteroatoms. The molecule has 1 fully saturated rings. The summed E-state index contributed by atoms with van der Waals surface area (Å²) in [6, 6.07) is 14.3. The Morgan fingerprint density at radius 2 is 1.82 bits per heavy atom. The van der Waals surface area contributed by atoms with Crippen LogP contribution in [0.4, 0.5) is 5.13 Å². The van der Waals surface area contributed by atoms with Gasteiger partial charge in [-0.1, -0.05) is 54.7 Å². The van der Waals surface area contributed by atoms with Crippen LogP contribution in [0, 0.1) is 0 Å². The summed E-state index contributed by atoms with van der Waals surface area (Å²) < 4.78 is 6.05. The van der Waals surface area contributed by atoms with Crippen molar-refractivity contribution in [3.05, 3.63) is 47.5 Å². The van der Waals surface area contributed by atoms with Crippen LogP contribution in [0.5, 0.6) is 5.75 Å². The number of amides is 2. The number of benzene rings is 2. The molecule has 8 nitrogen and oxygen atoms in total. The molecule has 1 saturated heterocycles. The standard InChI is InChI=1S/C25H31N5O3S/c1-2-6-23-27-28-25(34-23)26-22(31)11-12-24(32)30-15-13-29(14-16-30)17-18-33-21-10-5-8-19-7-3-4-9-20(19)21/h3-5,7-10H,2,6,11-18H2,1H3,(H,26,28,31). The van der Waals surface area contributed by atoms with Gasteiger partial charge in [-0.2, -0.15) is 0 Å². The average Bonchev–Trinajstić information content (AvgIpc) is 3.30. The first kappa shape index (κ1) is 24.1. The monoisotopic (exact) mass is 481 g/mol. The molecule has 0 unspecified atom stereocenters. The van der Waals surface area contributed by atoms with E-state index in [9.17, 15) is 9.59 Å². The molecule has 34 heavy (non-hydrogen) atoms. The average molecular weight is 482 g/mol. The number of hydrogen-bond donors (Lipinski definition) is 1. The summed E-state index contributed by atoms with van der Waals surface area (Å²) in [6.45, 7) is 6.45. The first-order chi connectivity index (χ1) is 16.6. The van der Waals surface area contributed by atoms with E-state index >= 15 is 0 Å². The van der Waals surface area contributed by atoms with Crippen LogP contribution in [0.25, 0.3) is 10.8 Å². The second-order valence-electron chi connectivity index (χ2n) is 8.35. The first-order valence-electron chi connectivity index (χ1n) is 11.9. The molecule has 0 radical (unpaired) electrons. The zero-order valence-electron chi connectivity index (χ0n) is 19.5. The molecular weight excluding hydrogens is 450 g/mol. The highest BCUT2D eigenvalue weighted by atomic mass is 32.1. The third kappa shape index (κ3) is 6.51. The quantitative estimate of drug-likeness (QED) is 0.476. The van der Waals surface area contributed by atoms with Gasteiger partial charge in [0.2, 0.25) is 16.9 Å². The minimum absolute atomic E-state index is 0.0192. The lowest BCUT2D eigenvalue weighted by molar-refractivity contribution is -0.134. The highest BCUT2D eigenvalue weighted by Crippen LogP contribution is 2.25. The van der Waals surface area contributed by atoms with Gasteiger partial charge < -0.3 is 15.0 Å². The zero-order valence-corrected chi connectivity index (χ0v) is 20.4. The first-order valence-corrected chi connectivity index (χ1v) is 12.7. The van der Waals surface area contributed by atoms with Crippen LogP contribution in [-0.2, 0) is 16.0 Å². The predicted molar refractivity (Wildman–Crippen MR) is 134 cm³/mol. The number of anilines is 1. The molecule has 0 aliphatic carbocycles. The Hall–Kier alpha value is -3.04. The number of aryl methyl sites for hydroxylation is 1. The third-order valence-electron chi connectivity index (χ3n) is 5.88.